The molecule has 76 valence electrons. The van der Waals surface area contributed by atoms with E-state index < -0.39 is 0 Å². The van der Waals surface area contributed by atoms with Crippen molar-refractivity contribution in [2.75, 3.05) is 26.7 Å². The molecule has 0 aromatic heterocycles. The number of esters is 1. The van der Waals surface area contributed by atoms with Gasteiger partial charge in [-0.2, -0.15) is 0 Å². The maximum atomic E-state index is 11.0. The summed E-state index contributed by atoms with van der Waals surface area (Å²) in [6, 6.07) is 0. The van der Waals surface area contributed by atoms with E-state index in [1.54, 1.807) is 0 Å². The molecule has 0 radical (unpaired) electrons. The van der Waals surface area contributed by atoms with Crippen LogP contribution in [0.15, 0.2) is 12.7 Å². The van der Waals surface area contributed by atoms with Crippen molar-refractivity contribution in [3.8, 4) is 0 Å². The van der Waals surface area contributed by atoms with Gasteiger partial charge < -0.3 is 4.74 Å². The van der Waals surface area contributed by atoms with E-state index in [1.807, 2.05) is 24.9 Å². The number of hydrogen-bond acceptors (Lipinski definition) is 3. The molecule has 0 unspecified atom stereocenters. The van der Waals surface area contributed by atoms with E-state index in [9.17, 15) is 4.79 Å². The van der Waals surface area contributed by atoms with Crippen LogP contribution >= 0.6 is 0 Å². The Bertz CT molecular complexity index is 157. The van der Waals surface area contributed by atoms with Crippen molar-refractivity contribution in [3.63, 3.8) is 0 Å². The van der Waals surface area contributed by atoms with Crippen molar-refractivity contribution in [1.29, 1.82) is 0 Å². The van der Waals surface area contributed by atoms with Crippen LogP contribution in [0.2, 0.25) is 0 Å². The predicted molar refractivity (Wildman–Crippen MR) is 53.6 cm³/mol. The van der Waals surface area contributed by atoms with Gasteiger partial charge in [-0.1, -0.05) is 6.08 Å². The summed E-state index contributed by atoms with van der Waals surface area (Å²) in [5.74, 6) is -0.149. The fourth-order valence-electron chi connectivity index (χ4n) is 1.01. The molecule has 3 heteroatoms. The maximum absolute atomic E-state index is 11.0. The standard InChI is InChI=1S/C10H19NO2/c1-4-6-7-8-11(3)9-10(12)13-5-2/h4H,1,5-9H2,2-3H3. The molecular formula is C10H19NO2. The molecule has 0 aromatic carbocycles. The summed E-state index contributed by atoms with van der Waals surface area (Å²) in [4.78, 5) is 13.0. The number of ether oxygens (including phenoxy) is 1. The minimum Gasteiger partial charge on any atom is -0.465 e. The number of rotatable bonds is 7. The number of allylic oxidation sites excluding steroid dienone is 1. The molecule has 0 N–H and O–H groups in total. The number of nitrogens with zero attached hydrogens (tertiary/aromatic N) is 1. The third kappa shape index (κ3) is 7.53. The third-order valence-corrected chi connectivity index (χ3v) is 1.65. The third-order valence-electron chi connectivity index (χ3n) is 1.65. The van der Waals surface area contributed by atoms with Gasteiger partial charge in [0.2, 0.25) is 0 Å². The fourth-order valence-corrected chi connectivity index (χ4v) is 1.01. The average Bonchev–Trinajstić information content (AvgIpc) is 2.05. The topological polar surface area (TPSA) is 29.5 Å². The van der Waals surface area contributed by atoms with Gasteiger partial charge in [0.1, 0.15) is 0 Å². The number of unbranched alkanes of at least 4 members (excludes halogenated alkanes) is 1. The van der Waals surface area contributed by atoms with Gasteiger partial charge in [-0.15, -0.1) is 6.58 Å². The van der Waals surface area contributed by atoms with E-state index in [0.717, 1.165) is 19.4 Å². The van der Waals surface area contributed by atoms with Crippen LogP contribution in [-0.2, 0) is 9.53 Å². The van der Waals surface area contributed by atoms with Gasteiger partial charge in [0.05, 0.1) is 13.2 Å². The SMILES string of the molecule is C=CCCCN(C)CC(=O)OCC. The van der Waals surface area contributed by atoms with E-state index in [-0.39, 0.29) is 5.97 Å². The minimum atomic E-state index is -0.149. The Kier molecular flexibility index (Phi) is 7.30. The first-order valence-electron chi connectivity index (χ1n) is 4.65. The zero-order valence-corrected chi connectivity index (χ0v) is 8.58. The molecule has 3 nitrogen and oxygen atoms in total. The van der Waals surface area contributed by atoms with Crippen LogP contribution in [0.1, 0.15) is 19.8 Å². The van der Waals surface area contributed by atoms with E-state index in [4.69, 9.17) is 4.74 Å². The fraction of sp³-hybridized carbons (Fsp3) is 0.700. The number of hydrogen-bond donors (Lipinski definition) is 0. The second-order valence-corrected chi connectivity index (χ2v) is 2.97. The Labute approximate surface area is 80.4 Å². The van der Waals surface area contributed by atoms with E-state index in [1.165, 1.54) is 0 Å². The Hall–Kier alpha value is -0.830. The first-order chi connectivity index (χ1) is 6.20. The molecule has 0 aliphatic carbocycles. The maximum Gasteiger partial charge on any atom is 0.320 e. The summed E-state index contributed by atoms with van der Waals surface area (Å²) in [5, 5.41) is 0. The van der Waals surface area contributed by atoms with Crippen LogP contribution < -0.4 is 0 Å². The summed E-state index contributed by atoms with van der Waals surface area (Å²) >= 11 is 0. The average molecular weight is 185 g/mol. The first-order valence-corrected chi connectivity index (χ1v) is 4.65. The lowest BCUT2D eigenvalue weighted by Gasteiger charge is -2.14. The smallest absolute Gasteiger partial charge is 0.320 e. The predicted octanol–water partition coefficient (Wildman–Crippen LogP) is 1.45. The van der Waals surface area contributed by atoms with Crippen molar-refractivity contribution < 1.29 is 9.53 Å². The summed E-state index contributed by atoms with van der Waals surface area (Å²) in [6.07, 6.45) is 3.92. The Morgan fingerprint density at radius 3 is 2.85 bits per heavy atom. The van der Waals surface area contributed by atoms with Gasteiger partial charge in [-0.05, 0) is 33.4 Å². The van der Waals surface area contributed by atoms with E-state index in [0.29, 0.717) is 13.2 Å². The van der Waals surface area contributed by atoms with Crippen molar-refractivity contribution in [2.45, 2.75) is 19.8 Å². The van der Waals surface area contributed by atoms with Crippen LogP contribution in [0.4, 0.5) is 0 Å². The monoisotopic (exact) mass is 185 g/mol. The van der Waals surface area contributed by atoms with Crippen molar-refractivity contribution in [3.05, 3.63) is 12.7 Å². The van der Waals surface area contributed by atoms with Gasteiger partial charge in [-0.3, -0.25) is 9.69 Å². The van der Waals surface area contributed by atoms with Crippen molar-refractivity contribution >= 4 is 5.97 Å². The highest BCUT2D eigenvalue weighted by molar-refractivity contribution is 5.71. The lowest BCUT2D eigenvalue weighted by molar-refractivity contribution is -0.144. The molecule has 0 amide bonds. The number of likely N-dealkylation sites (N-methyl/N-ethyl adjacent to an activating group) is 1. The Morgan fingerprint density at radius 1 is 1.62 bits per heavy atom. The van der Waals surface area contributed by atoms with E-state index >= 15 is 0 Å². The molecule has 0 saturated carbocycles. The summed E-state index contributed by atoms with van der Waals surface area (Å²) < 4.78 is 4.82. The zero-order chi connectivity index (χ0) is 10.1. The van der Waals surface area contributed by atoms with Crippen LogP contribution in [0.25, 0.3) is 0 Å². The van der Waals surface area contributed by atoms with Crippen molar-refractivity contribution in [1.82, 2.24) is 4.90 Å². The molecule has 0 aliphatic rings. The highest BCUT2D eigenvalue weighted by Gasteiger charge is 2.05. The molecule has 0 heterocycles. The van der Waals surface area contributed by atoms with Gasteiger partial charge >= 0.3 is 5.97 Å². The molecule has 0 saturated heterocycles. The van der Waals surface area contributed by atoms with Gasteiger partial charge in [0.25, 0.3) is 0 Å². The molecule has 0 rings (SSSR count). The second-order valence-electron chi connectivity index (χ2n) is 2.97. The van der Waals surface area contributed by atoms with Crippen LogP contribution in [0.3, 0.4) is 0 Å². The molecule has 0 aliphatic heterocycles. The van der Waals surface area contributed by atoms with Crippen LogP contribution in [0, 0.1) is 0 Å². The lowest BCUT2D eigenvalue weighted by Crippen LogP contribution is -2.28. The summed E-state index contributed by atoms with van der Waals surface area (Å²) in [5.41, 5.74) is 0. The van der Waals surface area contributed by atoms with Crippen LogP contribution in [-0.4, -0.2) is 37.6 Å². The number of carbonyl (C=O) groups excluding carboxylic acids is 1. The highest BCUT2D eigenvalue weighted by Crippen LogP contribution is 1.93. The van der Waals surface area contributed by atoms with Gasteiger partial charge in [-0.25, -0.2) is 0 Å². The second kappa shape index (κ2) is 7.80. The van der Waals surface area contributed by atoms with Gasteiger partial charge in [0.15, 0.2) is 0 Å². The Morgan fingerprint density at radius 2 is 2.31 bits per heavy atom. The first kappa shape index (κ1) is 12.2. The van der Waals surface area contributed by atoms with Crippen molar-refractivity contribution in [2.24, 2.45) is 0 Å². The summed E-state index contributed by atoms with van der Waals surface area (Å²) in [7, 11) is 1.92. The quantitative estimate of drug-likeness (QED) is 0.341. The van der Waals surface area contributed by atoms with Crippen LogP contribution in [0.5, 0.6) is 0 Å². The zero-order valence-electron chi connectivity index (χ0n) is 8.58. The van der Waals surface area contributed by atoms with E-state index in [2.05, 4.69) is 6.58 Å². The molecular weight excluding hydrogens is 166 g/mol. The Balaban J connectivity index is 3.43. The molecule has 0 aromatic rings. The highest BCUT2D eigenvalue weighted by atomic mass is 16.5. The largest absolute Gasteiger partial charge is 0.465 e. The molecule has 0 atom stereocenters. The molecule has 0 spiro atoms. The molecule has 0 bridgehead atoms. The number of carbonyl (C=O) groups is 1. The molecule has 0 fully saturated rings. The van der Waals surface area contributed by atoms with Gasteiger partial charge in [0, 0.05) is 0 Å². The summed E-state index contributed by atoms with van der Waals surface area (Å²) in [6.45, 7) is 7.20. The minimum absolute atomic E-state index is 0.149. The normalized spacial score (nSPS) is 10.1. The lowest BCUT2D eigenvalue weighted by atomic mass is 10.3. The molecule has 13 heavy (non-hydrogen) atoms.